The van der Waals surface area contributed by atoms with E-state index in [4.69, 9.17) is 0 Å². The Morgan fingerprint density at radius 1 is 1.29 bits per heavy atom. The van der Waals surface area contributed by atoms with Crippen LogP contribution in [0.2, 0.25) is 0 Å². The third-order valence-electron chi connectivity index (χ3n) is 2.95. The molecule has 0 radical (unpaired) electrons. The van der Waals surface area contributed by atoms with Crippen molar-refractivity contribution in [2.45, 2.75) is 32.2 Å². The lowest BCUT2D eigenvalue weighted by molar-refractivity contribution is -0.142. The number of methoxy groups -OCH3 is 1. The van der Waals surface area contributed by atoms with Crippen LogP contribution in [-0.4, -0.2) is 25.7 Å². The number of nitrogens with one attached hydrogen (secondary N) is 1. The maximum absolute atomic E-state index is 11.2. The number of hydrogen-bond acceptors (Lipinski definition) is 3. The van der Waals surface area contributed by atoms with Gasteiger partial charge in [0.1, 0.15) is 6.04 Å². The summed E-state index contributed by atoms with van der Waals surface area (Å²) in [5.74, 6) is 0.283. The van der Waals surface area contributed by atoms with E-state index in [1.54, 1.807) is 0 Å². The zero-order valence-electron chi connectivity index (χ0n) is 10.8. The molecule has 0 aliphatic heterocycles. The number of esters is 1. The smallest absolute Gasteiger partial charge is 0.322 e. The molecule has 0 amide bonds. The second kappa shape index (κ2) is 7.07. The van der Waals surface area contributed by atoms with E-state index in [0.29, 0.717) is 5.92 Å². The normalized spacial score (nSPS) is 14.1. The van der Waals surface area contributed by atoms with Crippen LogP contribution in [0.1, 0.15) is 31.7 Å². The van der Waals surface area contributed by atoms with Gasteiger partial charge in [0.25, 0.3) is 0 Å². The Labute approximate surface area is 103 Å². The molecule has 1 aromatic rings. The first-order valence-corrected chi connectivity index (χ1v) is 6.01. The van der Waals surface area contributed by atoms with E-state index in [0.717, 1.165) is 13.0 Å². The van der Waals surface area contributed by atoms with E-state index in [1.165, 1.54) is 12.7 Å². The minimum absolute atomic E-state index is 0.211. The summed E-state index contributed by atoms with van der Waals surface area (Å²) in [6, 6.07) is 10.2. The van der Waals surface area contributed by atoms with Gasteiger partial charge in [-0.25, -0.2) is 0 Å². The van der Waals surface area contributed by atoms with Gasteiger partial charge in [0.15, 0.2) is 0 Å². The van der Waals surface area contributed by atoms with Crippen LogP contribution in [0.5, 0.6) is 0 Å². The van der Waals surface area contributed by atoms with Gasteiger partial charge in [-0.05, 0) is 31.4 Å². The molecular weight excluding hydrogens is 214 g/mol. The van der Waals surface area contributed by atoms with Crippen molar-refractivity contribution in [3.63, 3.8) is 0 Å². The van der Waals surface area contributed by atoms with Gasteiger partial charge in [-0.3, -0.25) is 4.79 Å². The van der Waals surface area contributed by atoms with Crippen molar-refractivity contribution in [3.8, 4) is 0 Å². The first-order valence-electron chi connectivity index (χ1n) is 6.01. The van der Waals surface area contributed by atoms with Crippen molar-refractivity contribution in [2.75, 3.05) is 13.7 Å². The Kier molecular flexibility index (Phi) is 5.70. The number of rotatable bonds is 6. The van der Waals surface area contributed by atoms with Gasteiger partial charge in [-0.15, -0.1) is 0 Å². The molecule has 0 fully saturated rings. The summed E-state index contributed by atoms with van der Waals surface area (Å²) in [6.07, 6.45) is 1.01. The average molecular weight is 235 g/mol. The lowest BCUT2D eigenvalue weighted by Gasteiger charge is -2.15. The summed E-state index contributed by atoms with van der Waals surface area (Å²) < 4.78 is 4.65. The number of carbonyl (C=O) groups excluding carboxylic acids is 1. The Morgan fingerprint density at radius 2 is 1.94 bits per heavy atom. The van der Waals surface area contributed by atoms with Gasteiger partial charge in [-0.1, -0.05) is 37.3 Å². The van der Waals surface area contributed by atoms with Crippen LogP contribution < -0.4 is 5.32 Å². The number of hydrogen-bond donors (Lipinski definition) is 1. The van der Waals surface area contributed by atoms with Gasteiger partial charge < -0.3 is 10.1 Å². The summed E-state index contributed by atoms with van der Waals surface area (Å²) >= 11 is 0. The minimum Gasteiger partial charge on any atom is -0.468 e. The van der Waals surface area contributed by atoms with Gasteiger partial charge in [0, 0.05) is 0 Å². The fraction of sp³-hybridized carbons (Fsp3) is 0.500. The van der Waals surface area contributed by atoms with Crippen molar-refractivity contribution in [1.29, 1.82) is 0 Å². The summed E-state index contributed by atoms with van der Waals surface area (Å²) in [5, 5.41) is 3.16. The number of carbonyl (C=O) groups is 1. The van der Waals surface area contributed by atoms with E-state index in [9.17, 15) is 4.79 Å². The first kappa shape index (κ1) is 13.7. The molecule has 94 valence electrons. The number of ether oxygens (including phenoxy) is 1. The predicted octanol–water partition coefficient (Wildman–Crippen LogP) is 2.33. The maximum Gasteiger partial charge on any atom is 0.322 e. The Balaban J connectivity index is 2.30. The van der Waals surface area contributed by atoms with E-state index in [2.05, 4.69) is 41.2 Å². The second-order valence-electron chi connectivity index (χ2n) is 4.30. The van der Waals surface area contributed by atoms with Crippen LogP contribution in [0.4, 0.5) is 0 Å². The molecule has 3 nitrogen and oxygen atoms in total. The molecule has 0 aliphatic rings. The Bertz CT molecular complexity index is 337. The molecule has 1 rings (SSSR count). The van der Waals surface area contributed by atoms with Gasteiger partial charge in [-0.2, -0.15) is 0 Å². The fourth-order valence-corrected chi connectivity index (χ4v) is 1.72. The van der Waals surface area contributed by atoms with Crippen molar-refractivity contribution < 1.29 is 9.53 Å². The molecule has 0 bridgehead atoms. The van der Waals surface area contributed by atoms with Crippen LogP contribution in [0, 0.1) is 0 Å². The maximum atomic E-state index is 11.2. The minimum atomic E-state index is -0.233. The molecule has 3 heteroatoms. The van der Waals surface area contributed by atoms with Crippen LogP contribution in [0.3, 0.4) is 0 Å². The second-order valence-corrected chi connectivity index (χ2v) is 4.30. The predicted molar refractivity (Wildman–Crippen MR) is 69.0 cm³/mol. The summed E-state index contributed by atoms with van der Waals surface area (Å²) in [5.41, 5.74) is 1.33. The molecular formula is C14H21NO2. The molecule has 2 atom stereocenters. The highest BCUT2D eigenvalue weighted by atomic mass is 16.5. The van der Waals surface area contributed by atoms with Gasteiger partial charge >= 0.3 is 5.97 Å². The summed E-state index contributed by atoms with van der Waals surface area (Å²) in [7, 11) is 1.41. The zero-order chi connectivity index (χ0) is 12.7. The molecule has 0 saturated carbocycles. The standard InChI is InChI=1S/C14H21NO2/c1-11(13-7-5-4-6-8-13)9-10-15-12(2)14(16)17-3/h4-8,11-12,15H,9-10H2,1-3H3. The van der Waals surface area contributed by atoms with Gasteiger partial charge in [0.2, 0.25) is 0 Å². The highest BCUT2D eigenvalue weighted by Gasteiger charge is 2.12. The summed E-state index contributed by atoms with van der Waals surface area (Å²) in [6.45, 7) is 4.82. The fourth-order valence-electron chi connectivity index (χ4n) is 1.72. The van der Waals surface area contributed by atoms with Crippen molar-refractivity contribution in [2.24, 2.45) is 0 Å². The highest BCUT2D eigenvalue weighted by molar-refractivity contribution is 5.75. The first-order chi connectivity index (χ1) is 8.15. The molecule has 0 aromatic heterocycles. The average Bonchev–Trinajstić information content (AvgIpc) is 2.38. The molecule has 17 heavy (non-hydrogen) atoms. The molecule has 2 unspecified atom stereocenters. The third-order valence-corrected chi connectivity index (χ3v) is 2.95. The molecule has 1 N–H and O–H groups in total. The Morgan fingerprint density at radius 3 is 2.53 bits per heavy atom. The molecule has 0 saturated heterocycles. The molecule has 1 aromatic carbocycles. The van der Waals surface area contributed by atoms with E-state index in [1.807, 2.05) is 13.0 Å². The quantitative estimate of drug-likeness (QED) is 0.769. The largest absolute Gasteiger partial charge is 0.468 e. The molecule has 0 aliphatic carbocycles. The van der Waals surface area contributed by atoms with Crippen LogP contribution in [0.15, 0.2) is 30.3 Å². The zero-order valence-corrected chi connectivity index (χ0v) is 10.8. The number of benzene rings is 1. The van der Waals surface area contributed by atoms with Crippen molar-refractivity contribution in [3.05, 3.63) is 35.9 Å². The van der Waals surface area contributed by atoms with E-state index in [-0.39, 0.29) is 12.0 Å². The van der Waals surface area contributed by atoms with Crippen LogP contribution >= 0.6 is 0 Å². The lowest BCUT2D eigenvalue weighted by Crippen LogP contribution is -2.35. The summed E-state index contributed by atoms with van der Waals surface area (Å²) in [4.78, 5) is 11.2. The SMILES string of the molecule is COC(=O)C(C)NCCC(C)c1ccccc1. The van der Waals surface area contributed by atoms with Crippen molar-refractivity contribution in [1.82, 2.24) is 5.32 Å². The van der Waals surface area contributed by atoms with Gasteiger partial charge in [0.05, 0.1) is 7.11 Å². The monoisotopic (exact) mass is 235 g/mol. The van der Waals surface area contributed by atoms with E-state index < -0.39 is 0 Å². The van der Waals surface area contributed by atoms with Crippen LogP contribution in [0.25, 0.3) is 0 Å². The third kappa shape index (κ3) is 4.57. The van der Waals surface area contributed by atoms with E-state index >= 15 is 0 Å². The van der Waals surface area contributed by atoms with Crippen LogP contribution in [-0.2, 0) is 9.53 Å². The van der Waals surface area contributed by atoms with Crippen molar-refractivity contribution >= 4 is 5.97 Å². The highest BCUT2D eigenvalue weighted by Crippen LogP contribution is 2.17. The Hall–Kier alpha value is -1.35. The topological polar surface area (TPSA) is 38.3 Å². The molecule has 0 heterocycles. The lowest BCUT2D eigenvalue weighted by atomic mass is 9.98. The molecule has 0 spiro atoms.